The average molecular weight is 390 g/mol. The number of hydrogen-bond donors (Lipinski definition) is 0. The van der Waals surface area contributed by atoms with Crippen LogP contribution in [0, 0.1) is 0 Å². The Morgan fingerprint density at radius 2 is 1.68 bits per heavy atom. The maximum Gasteiger partial charge on any atom is 0.191 e. The van der Waals surface area contributed by atoms with E-state index in [1.165, 1.54) is 16.3 Å². The van der Waals surface area contributed by atoms with E-state index in [9.17, 15) is 0 Å². The third-order valence-corrected chi connectivity index (χ3v) is 5.71. The number of para-hydroxylation sites is 1. The first kappa shape index (κ1) is 18.6. The van der Waals surface area contributed by atoms with Crippen LogP contribution in [0.15, 0.2) is 71.9 Å². The molecule has 1 aromatic heterocycles. The number of aromatic nitrogens is 3. The molecule has 0 saturated heterocycles. The zero-order valence-electron chi connectivity index (χ0n) is 16.1. The van der Waals surface area contributed by atoms with Gasteiger partial charge in [-0.3, -0.25) is 0 Å². The van der Waals surface area contributed by atoms with Crippen molar-refractivity contribution in [3.8, 4) is 17.1 Å². The molecule has 0 fully saturated rings. The van der Waals surface area contributed by atoms with E-state index in [4.69, 9.17) is 4.74 Å². The fraction of sp³-hybridized carbons (Fsp3) is 0.217. The van der Waals surface area contributed by atoms with Crippen LogP contribution >= 0.6 is 11.8 Å². The van der Waals surface area contributed by atoms with Gasteiger partial charge in [0.05, 0.1) is 12.2 Å². The molecule has 3 aromatic carbocycles. The van der Waals surface area contributed by atoms with Crippen molar-refractivity contribution in [3.05, 3.63) is 72.3 Å². The molecular formula is C23H23N3OS. The molecule has 5 heteroatoms. The summed E-state index contributed by atoms with van der Waals surface area (Å²) in [4.78, 5) is 0. The normalized spacial score (nSPS) is 11.1. The van der Waals surface area contributed by atoms with Gasteiger partial charge in [0, 0.05) is 12.3 Å². The van der Waals surface area contributed by atoms with E-state index in [1.54, 1.807) is 11.8 Å². The number of rotatable bonds is 7. The second kappa shape index (κ2) is 8.48. The molecule has 4 rings (SSSR count). The molecule has 0 spiro atoms. The highest BCUT2D eigenvalue weighted by Gasteiger charge is 2.17. The summed E-state index contributed by atoms with van der Waals surface area (Å²) in [5.41, 5.74) is 2.29. The van der Waals surface area contributed by atoms with Gasteiger partial charge in [0.2, 0.25) is 0 Å². The van der Waals surface area contributed by atoms with Crippen LogP contribution in [0.2, 0.25) is 0 Å². The fourth-order valence-electron chi connectivity index (χ4n) is 3.37. The third kappa shape index (κ3) is 3.62. The van der Waals surface area contributed by atoms with Crippen LogP contribution in [0.5, 0.6) is 5.75 Å². The second-order valence-corrected chi connectivity index (χ2v) is 7.35. The quantitative estimate of drug-likeness (QED) is 0.374. The summed E-state index contributed by atoms with van der Waals surface area (Å²) < 4.78 is 7.95. The van der Waals surface area contributed by atoms with Crippen molar-refractivity contribution in [2.24, 2.45) is 0 Å². The topological polar surface area (TPSA) is 39.9 Å². The Kier molecular flexibility index (Phi) is 5.63. The lowest BCUT2D eigenvalue weighted by Gasteiger charge is -2.11. The Bertz CT molecular complexity index is 1080. The van der Waals surface area contributed by atoms with Crippen LogP contribution in [0.25, 0.3) is 22.2 Å². The minimum Gasteiger partial charge on any atom is -0.493 e. The summed E-state index contributed by atoms with van der Waals surface area (Å²) in [6, 6.07) is 23.0. The van der Waals surface area contributed by atoms with E-state index in [0.29, 0.717) is 6.61 Å². The lowest BCUT2D eigenvalue weighted by molar-refractivity contribution is 0.341. The molecule has 0 radical (unpaired) electrons. The van der Waals surface area contributed by atoms with Gasteiger partial charge in [-0.25, -0.2) is 0 Å². The molecule has 0 amide bonds. The predicted octanol–water partition coefficient (Wildman–Crippen LogP) is 5.81. The second-order valence-electron chi connectivity index (χ2n) is 6.41. The van der Waals surface area contributed by atoms with Gasteiger partial charge in [0.1, 0.15) is 5.75 Å². The molecule has 0 saturated carbocycles. The Morgan fingerprint density at radius 1 is 0.893 bits per heavy atom. The van der Waals surface area contributed by atoms with E-state index in [1.807, 2.05) is 31.2 Å². The zero-order chi connectivity index (χ0) is 19.3. The fourth-order valence-corrected chi connectivity index (χ4v) is 4.38. The van der Waals surface area contributed by atoms with Crippen molar-refractivity contribution in [3.63, 3.8) is 0 Å². The molecule has 28 heavy (non-hydrogen) atoms. The van der Waals surface area contributed by atoms with E-state index in [2.05, 4.69) is 64.2 Å². The first-order valence-electron chi connectivity index (χ1n) is 9.56. The monoisotopic (exact) mass is 389 g/mol. The van der Waals surface area contributed by atoms with Crippen LogP contribution in [0.3, 0.4) is 0 Å². The molecule has 4 nitrogen and oxygen atoms in total. The number of fused-ring (bicyclic) bond motifs is 1. The Balaban J connectivity index is 1.63. The van der Waals surface area contributed by atoms with Crippen molar-refractivity contribution in [1.29, 1.82) is 0 Å². The van der Waals surface area contributed by atoms with Gasteiger partial charge >= 0.3 is 0 Å². The number of benzene rings is 3. The Morgan fingerprint density at radius 3 is 2.54 bits per heavy atom. The molecule has 0 atom stereocenters. The Hall–Kier alpha value is -2.79. The van der Waals surface area contributed by atoms with Gasteiger partial charge < -0.3 is 9.30 Å². The molecule has 0 aliphatic rings. The molecular weight excluding hydrogens is 366 g/mol. The van der Waals surface area contributed by atoms with Crippen LogP contribution < -0.4 is 4.74 Å². The first-order valence-corrected chi connectivity index (χ1v) is 10.5. The minimum atomic E-state index is 0.625. The summed E-state index contributed by atoms with van der Waals surface area (Å²) in [5.74, 6) is 2.55. The third-order valence-electron chi connectivity index (χ3n) is 4.70. The standard InChI is InChI=1S/C23H23N3OS/c1-3-26-22(20-14-7-8-15-21(20)27-4-2)24-25-23(26)28-16-18-12-9-11-17-10-5-6-13-19(17)18/h5-15H,3-4,16H2,1-2H3. The van der Waals surface area contributed by atoms with E-state index in [-0.39, 0.29) is 0 Å². The largest absolute Gasteiger partial charge is 0.493 e. The Labute approximate surface area is 169 Å². The van der Waals surface area contributed by atoms with Crippen LogP contribution in [0.4, 0.5) is 0 Å². The summed E-state index contributed by atoms with van der Waals surface area (Å²) in [6.07, 6.45) is 0. The number of ether oxygens (including phenoxy) is 1. The number of thioether (sulfide) groups is 1. The number of nitrogens with zero attached hydrogens (tertiary/aromatic N) is 3. The number of hydrogen-bond acceptors (Lipinski definition) is 4. The lowest BCUT2D eigenvalue weighted by Crippen LogP contribution is -2.02. The summed E-state index contributed by atoms with van der Waals surface area (Å²) in [6.45, 7) is 5.55. The molecule has 1 heterocycles. The molecule has 0 aliphatic heterocycles. The molecule has 0 bridgehead atoms. The molecule has 0 aliphatic carbocycles. The van der Waals surface area contributed by atoms with Gasteiger partial charge in [0.25, 0.3) is 0 Å². The van der Waals surface area contributed by atoms with E-state index >= 15 is 0 Å². The smallest absolute Gasteiger partial charge is 0.191 e. The van der Waals surface area contributed by atoms with E-state index < -0.39 is 0 Å². The van der Waals surface area contributed by atoms with Crippen molar-refractivity contribution in [2.45, 2.75) is 31.3 Å². The average Bonchev–Trinajstić information content (AvgIpc) is 3.15. The van der Waals surface area contributed by atoms with Gasteiger partial charge in [-0.2, -0.15) is 0 Å². The predicted molar refractivity (Wildman–Crippen MR) is 116 cm³/mol. The van der Waals surface area contributed by atoms with Gasteiger partial charge in [0.15, 0.2) is 11.0 Å². The summed E-state index contributed by atoms with van der Waals surface area (Å²) in [7, 11) is 0. The highest BCUT2D eigenvalue weighted by molar-refractivity contribution is 7.98. The van der Waals surface area contributed by atoms with Crippen LogP contribution in [-0.4, -0.2) is 21.4 Å². The SMILES string of the molecule is CCOc1ccccc1-c1nnc(SCc2cccc3ccccc23)n1CC. The van der Waals surface area contributed by atoms with E-state index in [0.717, 1.165) is 34.6 Å². The highest BCUT2D eigenvalue weighted by Crippen LogP contribution is 2.32. The van der Waals surface area contributed by atoms with Crippen molar-refractivity contribution >= 4 is 22.5 Å². The van der Waals surface area contributed by atoms with Crippen molar-refractivity contribution in [1.82, 2.24) is 14.8 Å². The summed E-state index contributed by atoms with van der Waals surface area (Å²) >= 11 is 1.72. The summed E-state index contributed by atoms with van der Waals surface area (Å²) in [5, 5.41) is 12.5. The lowest BCUT2D eigenvalue weighted by atomic mass is 10.1. The minimum absolute atomic E-state index is 0.625. The van der Waals surface area contributed by atoms with Gasteiger partial charge in [-0.1, -0.05) is 66.4 Å². The van der Waals surface area contributed by atoms with Crippen molar-refractivity contribution in [2.75, 3.05) is 6.61 Å². The maximum absolute atomic E-state index is 5.79. The van der Waals surface area contributed by atoms with Crippen molar-refractivity contribution < 1.29 is 4.74 Å². The maximum atomic E-state index is 5.79. The molecule has 142 valence electrons. The molecule has 4 aromatic rings. The van der Waals surface area contributed by atoms with Gasteiger partial charge in [-0.15, -0.1) is 10.2 Å². The first-order chi connectivity index (χ1) is 13.8. The molecule has 0 N–H and O–H groups in total. The van der Waals surface area contributed by atoms with Crippen LogP contribution in [0.1, 0.15) is 19.4 Å². The highest BCUT2D eigenvalue weighted by atomic mass is 32.2. The van der Waals surface area contributed by atoms with Crippen LogP contribution in [-0.2, 0) is 12.3 Å². The molecule has 0 unspecified atom stereocenters. The van der Waals surface area contributed by atoms with Gasteiger partial charge in [-0.05, 0) is 42.3 Å². The zero-order valence-corrected chi connectivity index (χ0v) is 16.9.